The van der Waals surface area contributed by atoms with E-state index in [0.29, 0.717) is 6.04 Å². The standard InChI is InChI=1S/C15H20Br2N2/c1-10-7-13(16)15(14(17)8-10)19-6-2-3-12(9-19)18-11-4-5-11/h7-8,11-12,18H,2-6,9H2,1H3. The monoisotopic (exact) mass is 386 g/mol. The van der Waals surface area contributed by atoms with Crippen LogP contribution in [0.5, 0.6) is 0 Å². The zero-order chi connectivity index (χ0) is 13.4. The molecule has 1 N–H and O–H groups in total. The van der Waals surface area contributed by atoms with E-state index in [1.54, 1.807) is 0 Å². The molecule has 0 bridgehead atoms. The van der Waals surface area contributed by atoms with Crippen LogP contribution in [0.2, 0.25) is 0 Å². The van der Waals surface area contributed by atoms with E-state index in [-0.39, 0.29) is 0 Å². The summed E-state index contributed by atoms with van der Waals surface area (Å²) in [7, 11) is 0. The molecule has 2 aliphatic rings. The maximum absolute atomic E-state index is 3.77. The molecule has 19 heavy (non-hydrogen) atoms. The van der Waals surface area contributed by atoms with Crippen molar-refractivity contribution in [3.63, 3.8) is 0 Å². The van der Waals surface area contributed by atoms with Crippen molar-refractivity contribution in [2.24, 2.45) is 0 Å². The van der Waals surface area contributed by atoms with Crippen molar-refractivity contribution in [1.29, 1.82) is 0 Å². The number of piperidine rings is 1. The van der Waals surface area contributed by atoms with Crippen LogP contribution in [-0.2, 0) is 0 Å². The molecule has 1 aromatic rings. The predicted molar refractivity (Wildman–Crippen MR) is 88.0 cm³/mol. The SMILES string of the molecule is Cc1cc(Br)c(N2CCCC(NC3CC3)C2)c(Br)c1. The number of halogens is 2. The van der Waals surface area contributed by atoms with Crippen molar-refractivity contribution in [3.8, 4) is 0 Å². The molecule has 104 valence electrons. The minimum absolute atomic E-state index is 0.654. The van der Waals surface area contributed by atoms with Crippen LogP contribution in [0.3, 0.4) is 0 Å². The molecule has 1 aliphatic heterocycles. The average molecular weight is 388 g/mol. The number of hydrogen-bond acceptors (Lipinski definition) is 2. The van der Waals surface area contributed by atoms with Gasteiger partial charge in [0.25, 0.3) is 0 Å². The quantitative estimate of drug-likeness (QED) is 0.834. The van der Waals surface area contributed by atoms with Crippen LogP contribution in [0.1, 0.15) is 31.2 Å². The molecule has 3 rings (SSSR count). The number of nitrogens with zero attached hydrogens (tertiary/aromatic N) is 1. The smallest absolute Gasteiger partial charge is 0.0655 e. The van der Waals surface area contributed by atoms with Gasteiger partial charge in [-0.3, -0.25) is 0 Å². The molecule has 1 atom stereocenters. The van der Waals surface area contributed by atoms with Gasteiger partial charge in [0.15, 0.2) is 0 Å². The Bertz CT molecular complexity index is 448. The van der Waals surface area contributed by atoms with Gasteiger partial charge in [0, 0.05) is 34.1 Å². The highest BCUT2D eigenvalue weighted by Crippen LogP contribution is 2.37. The highest BCUT2D eigenvalue weighted by Gasteiger charge is 2.28. The van der Waals surface area contributed by atoms with Crippen LogP contribution in [0.15, 0.2) is 21.1 Å². The molecule has 0 amide bonds. The maximum Gasteiger partial charge on any atom is 0.0655 e. The van der Waals surface area contributed by atoms with Crippen LogP contribution < -0.4 is 10.2 Å². The van der Waals surface area contributed by atoms with Gasteiger partial charge in [-0.05, 0) is 82.2 Å². The van der Waals surface area contributed by atoms with Gasteiger partial charge >= 0.3 is 0 Å². The Kier molecular flexibility index (Phi) is 4.20. The molecular weight excluding hydrogens is 368 g/mol. The number of hydrogen-bond donors (Lipinski definition) is 1. The van der Waals surface area contributed by atoms with Gasteiger partial charge in [-0.15, -0.1) is 0 Å². The van der Waals surface area contributed by atoms with Crippen LogP contribution in [0, 0.1) is 6.92 Å². The fourth-order valence-electron chi connectivity index (χ4n) is 2.89. The van der Waals surface area contributed by atoms with E-state index in [0.717, 1.165) is 19.1 Å². The van der Waals surface area contributed by atoms with Gasteiger partial charge in [-0.25, -0.2) is 0 Å². The molecule has 1 saturated heterocycles. The van der Waals surface area contributed by atoms with Crippen LogP contribution in [0.25, 0.3) is 0 Å². The third-order valence-electron chi connectivity index (χ3n) is 3.95. The highest BCUT2D eigenvalue weighted by atomic mass is 79.9. The second kappa shape index (κ2) is 5.74. The second-order valence-electron chi connectivity index (χ2n) is 5.80. The lowest BCUT2D eigenvalue weighted by molar-refractivity contribution is 0.420. The van der Waals surface area contributed by atoms with E-state index in [4.69, 9.17) is 0 Å². The van der Waals surface area contributed by atoms with Gasteiger partial charge in [-0.1, -0.05) is 0 Å². The Morgan fingerprint density at radius 3 is 2.42 bits per heavy atom. The van der Waals surface area contributed by atoms with Crippen molar-refractivity contribution < 1.29 is 0 Å². The first-order chi connectivity index (χ1) is 9.13. The van der Waals surface area contributed by atoms with Gasteiger partial charge in [-0.2, -0.15) is 0 Å². The van der Waals surface area contributed by atoms with E-state index in [9.17, 15) is 0 Å². The summed E-state index contributed by atoms with van der Waals surface area (Å²) >= 11 is 7.45. The summed E-state index contributed by atoms with van der Waals surface area (Å²) in [6, 6.07) is 5.87. The number of aryl methyl sites for hydroxylation is 1. The fourth-order valence-corrected chi connectivity index (χ4v) is 4.81. The molecule has 0 aromatic heterocycles. The van der Waals surface area contributed by atoms with E-state index < -0.39 is 0 Å². The molecular formula is C15H20Br2N2. The maximum atomic E-state index is 3.77. The predicted octanol–water partition coefficient (Wildman–Crippen LogP) is 4.24. The van der Waals surface area contributed by atoms with Crippen molar-refractivity contribution in [2.45, 2.75) is 44.7 Å². The molecule has 2 fully saturated rings. The Balaban J connectivity index is 1.77. The lowest BCUT2D eigenvalue weighted by atomic mass is 10.0. The van der Waals surface area contributed by atoms with Gasteiger partial charge in [0.2, 0.25) is 0 Å². The van der Waals surface area contributed by atoms with Crippen molar-refractivity contribution in [1.82, 2.24) is 5.32 Å². The first kappa shape index (κ1) is 13.9. The van der Waals surface area contributed by atoms with E-state index in [2.05, 4.69) is 61.1 Å². The third-order valence-corrected chi connectivity index (χ3v) is 5.16. The lowest BCUT2D eigenvalue weighted by Gasteiger charge is -2.36. The number of anilines is 1. The summed E-state index contributed by atoms with van der Waals surface area (Å²) in [4.78, 5) is 2.51. The number of benzene rings is 1. The lowest BCUT2D eigenvalue weighted by Crippen LogP contribution is -2.46. The average Bonchev–Trinajstić information content (AvgIpc) is 3.12. The highest BCUT2D eigenvalue weighted by molar-refractivity contribution is 9.11. The molecule has 1 unspecified atom stereocenters. The molecule has 1 saturated carbocycles. The number of rotatable bonds is 3. The van der Waals surface area contributed by atoms with Gasteiger partial charge in [0.05, 0.1) is 5.69 Å². The zero-order valence-corrected chi connectivity index (χ0v) is 14.4. The summed E-state index contributed by atoms with van der Waals surface area (Å²) in [5, 5.41) is 3.77. The van der Waals surface area contributed by atoms with Crippen molar-refractivity contribution in [2.75, 3.05) is 18.0 Å². The molecule has 1 aromatic carbocycles. The van der Waals surface area contributed by atoms with E-state index >= 15 is 0 Å². The molecule has 1 heterocycles. The molecule has 1 aliphatic carbocycles. The summed E-state index contributed by atoms with van der Waals surface area (Å²) < 4.78 is 2.40. The summed E-state index contributed by atoms with van der Waals surface area (Å²) in [6.07, 6.45) is 5.33. The van der Waals surface area contributed by atoms with Gasteiger partial charge in [0.1, 0.15) is 0 Å². The molecule has 4 heteroatoms. The largest absolute Gasteiger partial charge is 0.368 e. The minimum atomic E-state index is 0.654. The van der Waals surface area contributed by atoms with Crippen molar-refractivity contribution in [3.05, 3.63) is 26.6 Å². The van der Waals surface area contributed by atoms with Crippen LogP contribution in [0.4, 0.5) is 5.69 Å². The van der Waals surface area contributed by atoms with Crippen LogP contribution >= 0.6 is 31.9 Å². The molecule has 0 radical (unpaired) electrons. The Labute approximate surface area is 132 Å². The first-order valence-electron chi connectivity index (χ1n) is 7.10. The fraction of sp³-hybridized carbons (Fsp3) is 0.600. The van der Waals surface area contributed by atoms with Crippen LogP contribution in [-0.4, -0.2) is 25.2 Å². The first-order valence-corrected chi connectivity index (χ1v) is 8.69. The second-order valence-corrected chi connectivity index (χ2v) is 7.51. The normalized spacial score (nSPS) is 23.7. The Morgan fingerprint density at radius 1 is 1.11 bits per heavy atom. The summed E-state index contributed by atoms with van der Waals surface area (Å²) in [6.45, 7) is 4.41. The summed E-state index contributed by atoms with van der Waals surface area (Å²) in [5.41, 5.74) is 2.60. The summed E-state index contributed by atoms with van der Waals surface area (Å²) in [5.74, 6) is 0. The third kappa shape index (κ3) is 3.34. The molecule has 0 spiro atoms. The molecule has 2 nitrogen and oxygen atoms in total. The van der Waals surface area contributed by atoms with Gasteiger partial charge < -0.3 is 10.2 Å². The Hall–Kier alpha value is -0.0600. The van der Waals surface area contributed by atoms with E-state index in [1.807, 2.05) is 0 Å². The van der Waals surface area contributed by atoms with Crippen molar-refractivity contribution >= 4 is 37.5 Å². The topological polar surface area (TPSA) is 15.3 Å². The Morgan fingerprint density at radius 2 is 1.79 bits per heavy atom. The zero-order valence-electron chi connectivity index (χ0n) is 11.3. The van der Waals surface area contributed by atoms with E-state index in [1.165, 1.54) is 45.9 Å². The minimum Gasteiger partial charge on any atom is -0.368 e. The number of nitrogens with one attached hydrogen (secondary N) is 1.